The molecule has 2 aromatic carbocycles. The fraction of sp³-hybridized carbons (Fsp3) is 0.125. The number of aryl methyl sites for hydroxylation is 1. The quantitative estimate of drug-likeness (QED) is 0.823. The average Bonchev–Trinajstić information content (AvgIpc) is 2.38. The van der Waals surface area contributed by atoms with E-state index in [0.717, 1.165) is 23.3 Å². The molecule has 104 valence electrons. The van der Waals surface area contributed by atoms with Crippen LogP contribution in [0.1, 0.15) is 16.7 Å². The van der Waals surface area contributed by atoms with Crippen LogP contribution in [0.5, 0.6) is 0 Å². The lowest BCUT2D eigenvalue weighted by molar-refractivity contribution is -0.137. The number of anilines is 1. The summed E-state index contributed by atoms with van der Waals surface area (Å²) in [6, 6.07) is 12.6. The third kappa shape index (κ3) is 3.20. The second-order valence-electron chi connectivity index (χ2n) is 4.49. The summed E-state index contributed by atoms with van der Waals surface area (Å²) in [4.78, 5) is 0. The van der Waals surface area contributed by atoms with Crippen molar-refractivity contribution in [2.75, 3.05) is 5.32 Å². The van der Waals surface area contributed by atoms with Gasteiger partial charge < -0.3 is 5.32 Å². The highest BCUT2D eigenvalue weighted by Crippen LogP contribution is 2.30. The first-order valence-electron chi connectivity index (χ1n) is 6.07. The van der Waals surface area contributed by atoms with Gasteiger partial charge in [-0.2, -0.15) is 13.2 Å². The molecule has 0 unspecified atom stereocenters. The van der Waals surface area contributed by atoms with Crippen LogP contribution in [-0.2, 0) is 6.18 Å². The molecule has 0 saturated carbocycles. The Balaban J connectivity index is 2.15. The Bertz CT molecular complexity index is 612. The molecule has 20 heavy (non-hydrogen) atoms. The molecule has 0 aromatic heterocycles. The zero-order valence-corrected chi connectivity index (χ0v) is 11.0. The molecule has 2 aromatic rings. The molecule has 2 rings (SSSR count). The monoisotopic (exact) mass is 277 g/mol. The second-order valence-corrected chi connectivity index (χ2v) is 4.49. The molecule has 0 heterocycles. The Morgan fingerprint density at radius 2 is 1.60 bits per heavy atom. The Hall–Kier alpha value is -2.23. The standard InChI is InChI=1S/C16H14F3N/c1-11-5-3-4-6-15(11)12(2)20-14-9-7-13(8-10-14)16(17,18)19/h3-10,20H,2H2,1H3. The molecule has 0 amide bonds. The lowest BCUT2D eigenvalue weighted by atomic mass is 10.1. The van der Waals surface area contributed by atoms with Crippen LogP contribution in [0, 0.1) is 6.92 Å². The van der Waals surface area contributed by atoms with Crippen LogP contribution in [0.15, 0.2) is 55.1 Å². The highest BCUT2D eigenvalue weighted by molar-refractivity contribution is 5.76. The van der Waals surface area contributed by atoms with Crippen LogP contribution in [0.4, 0.5) is 18.9 Å². The molecule has 0 radical (unpaired) electrons. The van der Waals surface area contributed by atoms with Gasteiger partial charge in [0.15, 0.2) is 0 Å². The smallest absolute Gasteiger partial charge is 0.356 e. The van der Waals surface area contributed by atoms with E-state index >= 15 is 0 Å². The van der Waals surface area contributed by atoms with Gasteiger partial charge in [-0.05, 0) is 36.8 Å². The first kappa shape index (κ1) is 14.2. The predicted molar refractivity (Wildman–Crippen MR) is 75.3 cm³/mol. The maximum Gasteiger partial charge on any atom is 0.416 e. The van der Waals surface area contributed by atoms with Crippen LogP contribution < -0.4 is 5.32 Å². The van der Waals surface area contributed by atoms with Crippen molar-refractivity contribution >= 4 is 11.4 Å². The van der Waals surface area contributed by atoms with Gasteiger partial charge in [-0.25, -0.2) is 0 Å². The van der Waals surface area contributed by atoms with E-state index in [-0.39, 0.29) is 0 Å². The van der Waals surface area contributed by atoms with E-state index < -0.39 is 11.7 Å². The van der Waals surface area contributed by atoms with E-state index in [1.165, 1.54) is 12.1 Å². The van der Waals surface area contributed by atoms with E-state index in [9.17, 15) is 13.2 Å². The van der Waals surface area contributed by atoms with Gasteiger partial charge >= 0.3 is 6.18 Å². The van der Waals surface area contributed by atoms with Crippen molar-refractivity contribution in [1.29, 1.82) is 0 Å². The van der Waals surface area contributed by atoms with Crippen molar-refractivity contribution in [3.05, 3.63) is 71.8 Å². The number of hydrogen-bond acceptors (Lipinski definition) is 1. The summed E-state index contributed by atoms with van der Waals surface area (Å²) < 4.78 is 37.4. The summed E-state index contributed by atoms with van der Waals surface area (Å²) in [5, 5.41) is 3.02. The minimum absolute atomic E-state index is 0.575. The maximum absolute atomic E-state index is 12.5. The topological polar surface area (TPSA) is 12.0 Å². The van der Waals surface area contributed by atoms with Gasteiger partial charge in [-0.1, -0.05) is 30.8 Å². The maximum atomic E-state index is 12.5. The Labute approximate surface area is 115 Å². The van der Waals surface area contributed by atoms with Crippen LogP contribution in [0.2, 0.25) is 0 Å². The SMILES string of the molecule is C=C(Nc1ccc(C(F)(F)F)cc1)c1ccccc1C. The van der Waals surface area contributed by atoms with Gasteiger partial charge in [0, 0.05) is 16.9 Å². The Morgan fingerprint density at radius 3 is 2.15 bits per heavy atom. The molecule has 4 heteroatoms. The van der Waals surface area contributed by atoms with E-state index in [4.69, 9.17) is 0 Å². The van der Waals surface area contributed by atoms with E-state index in [0.29, 0.717) is 11.4 Å². The molecule has 0 aliphatic rings. The van der Waals surface area contributed by atoms with Crippen molar-refractivity contribution in [1.82, 2.24) is 0 Å². The van der Waals surface area contributed by atoms with Gasteiger partial charge in [0.1, 0.15) is 0 Å². The van der Waals surface area contributed by atoms with Crippen LogP contribution in [0.25, 0.3) is 5.70 Å². The summed E-state index contributed by atoms with van der Waals surface area (Å²) >= 11 is 0. The summed E-state index contributed by atoms with van der Waals surface area (Å²) in [6.45, 7) is 5.87. The number of alkyl halides is 3. The first-order valence-corrected chi connectivity index (χ1v) is 6.07. The highest BCUT2D eigenvalue weighted by Gasteiger charge is 2.29. The molecule has 0 spiro atoms. The molecule has 0 fully saturated rings. The zero-order valence-electron chi connectivity index (χ0n) is 11.0. The number of rotatable bonds is 3. The van der Waals surface area contributed by atoms with Crippen molar-refractivity contribution in [3.8, 4) is 0 Å². The predicted octanol–water partition coefficient (Wildman–Crippen LogP) is 5.10. The Morgan fingerprint density at radius 1 is 1.00 bits per heavy atom. The largest absolute Gasteiger partial charge is 0.416 e. The molecular formula is C16H14F3N. The van der Waals surface area contributed by atoms with Crippen LogP contribution in [0.3, 0.4) is 0 Å². The number of hydrogen-bond donors (Lipinski definition) is 1. The molecule has 0 bridgehead atoms. The van der Waals surface area contributed by atoms with Crippen LogP contribution >= 0.6 is 0 Å². The van der Waals surface area contributed by atoms with Gasteiger partial charge in [-0.3, -0.25) is 0 Å². The minimum atomic E-state index is -4.31. The molecule has 1 N–H and O–H groups in total. The van der Waals surface area contributed by atoms with Crippen molar-refractivity contribution < 1.29 is 13.2 Å². The normalized spacial score (nSPS) is 11.2. The van der Waals surface area contributed by atoms with Gasteiger partial charge in [0.2, 0.25) is 0 Å². The molecule has 0 atom stereocenters. The summed E-state index contributed by atoms with van der Waals surface area (Å²) in [5.74, 6) is 0. The fourth-order valence-electron chi connectivity index (χ4n) is 1.90. The Kier molecular flexibility index (Phi) is 3.84. The van der Waals surface area contributed by atoms with Crippen molar-refractivity contribution in [2.45, 2.75) is 13.1 Å². The third-order valence-electron chi connectivity index (χ3n) is 2.98. The lowest BCUT2D eigenvalue weighted by Gasteiger charge is -2.13. The molecule has 0 aliphatic heterocycles. The van der Waals surface area contributed by atoms with Gasteiger partial charge in [0.25, 0.3) is 0 Å². The van der Waals surface area contributed by atoms with E-state index in [1.54, 1.807) is 0 Å². The highest BCUT2D eigenvalue weighted by atomic mass is 19.4. The third-order valence-corrected chi connectivity index (χ3v) is 2.98. The van der Waals surface area contributed by atoms with Crippen molar-refractivity contribution in [3.63, 3.8) is 0 Å². The summed E-state index contributed by atoms with van der Waals surface area (Å²) in [5.41, 5.74) is 2.56. The second kappa shape index (κ2) is 5.41. The molecule has 0 saturated heterocycles. The number of halogens is 3. The molecule has 0 aliphatic carbocycles. The zero-order chi connectivity index (χ0) is 14.8. The number of benzene rings is 2. The van der Waals surface area contributed by atoms with Crippen molar-refractivity contribution in [2.24, 2.45) is 0 Å². The van der Waals surface area contributed by atoms with Gasteiger partial charge in [-0.15, -0.1) is 0 Å². The average molecular weight is 277 g/mol. The molecular weight excluding hydrogens is 263 g/mol. The van der Waals surface area contributed by atoms with E-state index in [2.05, 4.69) is 11.9 Å². The van der Waals surface area contributed by atoms with E-state index in [1.807, 2.05) is 31.2 Å². The molecule has 1 nitrogen and oxygen atoms in total. The summed E-state index contributed by atoms with van der Waals surface area (Å²) in [7, 11) is 0. The lowest BCUT2D eigenvalue weighted by Crippen LogP contribution is -2.05. The number of nitrogens with one attached hydrogen (secondary N) is 1. The fourth-order valence-corrected chi connectivity index (χ4v) is 1.90. The summed E-state index contributed by atoms with van der Waals surface area (Å²) in [6.07, 6.45) is -4.31. The minimum Gasteiger partial charge on any atom is -0.356 e. The first-order chi connectivity index (χ1) is 9.38. The van der Waals surface area contributed by atoms with Crippen LogP contribution in [-0.4, -0.2) is 0 Å². The van der Waals surface area contributed by atoms with Gasteiger partial charge in [0.05, 0.1) is 5.56 Å².